The Morgan fingerprint density at radius 2 is 1.91 bits per heavy atom. The molecule has 1 unspecified atom stereocenters. The number of aliphatic imine (C=N–C) groups is 1. The molecule has 1 atom stereocenters. The van der Waals surface area contributed by atoms with Crippen LogP contribution in [0.3, 0.4) is 0 Å². The zero-order valence-corrected chi connectivity index (χ0v) is 15.0. The van der Waals surface area contributed by atoms with Crippen LogP contribution in [0, 0.1) is 5.41 Å². The lowest BCUT2D eigenvalue weighted by molar-refractivity contribution is -0.143. The summed E-state index contributed by atoms with van der Waals surface area (Å²) in [5.74, 6) is 0.594. The van der Waals surface area contributed by atoms with Crippen LogP contribution in [0.5, 0.6) is 0 Å². The number of esters is 1. The van der Waals surface area contributed by atoms with Gasteiger partial charge in [-0.1, -0.05) is 20.8 Å². The highest BCUT2D eigenvalue weighted by atomic mass is 16.5. The van der Waals surface area contributed by atoms with Gasteiger partial charge in [-0.25, -0.2) is 0 Å². The fourth-order valence-corrected chi connectivity index (χ4v) is 1.89. The highest BCUT2D eigenvalue weighted by molar-refractivity contribution is 5.79. The van der Waals surface area contributed by atoms with E-state index in [1.54, 1.807) is 7.11 Å². The minimum atomic E-state index is -0.154. The highest BCUT2D eigenvalue weighted by Crippen LogP contribution is 2.21. The van der Waals surface area contributed by atoms with E-state index in [0.29, 0.717) is 26.1 Å². The maximum Gasteiger partial charge on any atom is 0.305 e. The summed E-state index contributed by atoms with van der Waals surface area (Å²) in [6.07, 6.45) is 1.20. The summed E-state index contributed by atoms with van der Waals surface area (Å²) in [4.78, 5) is 15.8. The van der Waals surface area contributed by atoms with Crippen molar-refractivity contribution in [3.05, 3.63) is 0 Å². The van der Waals surface area contributed by atoms with Gasteiger partial charge in [0.2, 0.25) is 0 Å². The molecule has 0 aromatic heterocycles. The summed E-state index contributed by atoms with van der Waals surface area (Å²) in [6, 6.07) is 0. The Labute approximate surface area is 135 Å². The van der Waals surface area contributed by atoms with E-state index in [1.165, 1.54) is 0 Å². The molecule has 22 heavy (non-hydrogen) atoms. The van der Waals surface area contributed by atoms with Crippen LogP contribution in [-0.2, 0) is 14.3 Å². The molecule has 0 aliphatic rings. The molecule has 0 rings (SSSR count). The molecule has 0 fully saturated rings. The van der Waals surface area contributed by atoms with Gasteiger partial charge in [-0.3, -0.25) is 9.79 Å². The summed E-state index contributed by atoms with van der Waals surface area (Å²) in [7, 11) is 1.71. The predicted octanol–water partition coefficient (Wildman–Crippen LogP) is 1.95. The number of nitrogens with zero attached hydrogens (tertiary/aromatic N) is 1. The number of hydrogen-bond donors (Lipinski definition) is 2. The summed E-state index contributed by atoms with van der Waals surface area (Å²) >= 11 is 0. The van der Waals surface area contributed by atoms with Gasteiger partial charge in [0.05, 0.1) is 19.3 Å². The van der Waals surface area contributed by atoms with E-state index >= 15 is 0 Å². The number of methoxy groups -OCH3 is 1. The van der Waals surface area contributed by atoms with Gasteiger partial charge in [-0.05, 0) is 25.7 Å². The Bertz CT molecular complexity index is 338. The molecular weight excluding hydrogens is 282 g/mol. The molecule has 6 nitrogen and oxygen atoms in total. The molecule has 0 radical (unpaired) electrons. The number of hydrogen-bond acceptors (Lipinski definition) is 4. The second-order valence-corrected chi connectivity index (χ2v) is 6.15. The smallest absolute Gasteiger partial charge is 0.305 e. The standard InChI is InChI=1S/C16H33N3O3/c1-7-17-15(18-11-9-10-14(20)22-8-2)19-12-13(21-6)16(3,4)5/h13H,7-12H2,1-6H3,(H2,17,18,19). The molecule has 0 saturated carbocycles. The quantitative estimate of drug-likeness (QED) is 0.294. The third-order valence-electron chi connectivity index (χ3n) is 3.17. The lowest BCUT2D eigenvalue weighted by atomic mass is 9.89. The van der Waals surface area contributed by atoms with Crippen LogP contribution in [0.4, 0.5) is 0 Å². The average molecular weight is 315 g/mol. The summed E-state index contributed by atoms with van der Waals surface area (Å²) in [5, 5.41) is 6.42. The molecule has 2 N–H and O–H groups in total. The molecule has 6 heteroatoms. The molecule has 0 spiro atoms. The highest BCUT2D eigenvalue weighted by Gasteiger charge is 2.24. The van der Waals surface area contributed by atoms with Crippen molar-refractivity contribution in [2.75, 3.05) is 33.4 Å². The topological polar surface area (TPSA) is 72.0 Å². The Hall–Kier alpha value is -1.30. The molecule has 0 aromatic rings. The average Bonchev–Trinajstić information content (AvgIpc) is 2.42. The van der Waals surface area contributed by atoms with Gasteiger partial charge >= 0.3 is 5.97 Å². The van der Waals surface area contributed by atoms with Gasteiger partial charge < -0.3 is 20.1 Å². The number of carbonyl (C=O) groups is 1. The third-order valence-corrected chi connectivity index (χ3v) is 3.17. The Kier molecular flexibility index (Phi) is 10.6. The number of rotatable bonds is 9. The lowest BCUT2D eigenvalue weighted by Gasteiger charge is -2.28. The fraction of sp³-hybridized carbons (Fsp3) is 0.875. The van der Waals surface area contributed by atoms with E-state index in [1.807, 2.05) is 13.8 Å². The molecule has 0 bridgehead atoms. The largest absolute Gasteiger partial charge is 0.466 e. The minimum absolute atomic E-state index is 0.0412. The number of nitrogens with one attached hydrogen (secondary N) is 2. The maximum atomic E-state index is 11.3. The number of ether oxygens (including phenoxy) is 2. The first kappa shape index (κ1) is 20.7. The summed E-state index contributed by atoms with van der Waals surface area (Å²) < 4.78 is 10.4. The first-order valence-corrected chi connectivity index (χ1v) is 8.05. The van der Waals surface area contributed by atoms with Crippen LogP contribution in [0.2, 0.25) is 0 Å². The second kappa shape index (κ2) is 11.3. The van der Waals surface area contributed by atoms with Crippen LogP contribution in [0.1, 0.15) is 47.5 Å². The molecule has 0 aromatic carbocycles. The van der Waals surface area contributed by atoms with Crippen LogP contribution in [0.15, 0.2) is 4.99 Å². The SMILES string of the molecule is CCNC(=NCC(OC)C(C)(C)C)NCCCC(=O)OCC. The second-order valence-electron chi connectivity index (χ2n) is 6.15. The van der Waals surface area contributed by atoms with E-state index < -0.39 is 0 Å². The molecule has 0 aliphatic carbocycles. The number of guanidine groups is 1. The molecular formula is C16H33N3O3. The van der Waals surface area contributed by atoms with E-state index in [9.17, 15) is 4.79 Å². The zero-order chi connectivity index (χ0) is 17.0. The summed E-state index contributed by atoms with van der Waals surface area (Å²) in [6.45, 7) is 12.7. The minimum Gasteiger partial charge on any atom is -0.466 e. The molecule has 0 aliphatic heterocycles. The Balaban J connectivity index is 4.29. The first-order valence-electron chi connectivity index (χ1n) is 8.05. The van der Waals surface area contributed by atoms with Crippen molar-refractivity contribution in [3.8, 4) is 0 Å². The maximum absolute atomic E-state index is 11.3. The van der Waals surface area contributed by atoms with Gasteiger partial charge in [0.15, 0.2) is 5.96 Å². The molecule has 0 heterocycles. The Morgan fingerprint density at radius 1 is 1.23 bits per heavy atom. The fourth-order valence-electron chi connectivity index (χ4n) is 1.89. The normalized spacial score (nSPS) is 13.6. The summed E-state index contributed by atoms with van der Waals surface area (Å²) in [5.41, 5.74) is 0.0412. The van der Waals surface area contributed by atoms with Crippen molar-refractivity contribution in [3.63, 3.8) is 0 Å². The third kappa shape index (κ3) is 9.60. The van der Waals surface area contributed by atoms with E-state index in [4.69, 9.17) is 9.47 Å². The van der Waals surface area contributed by atoms with Gasteiger partial charge in [0.1, 0.15) is 0 Å². The van der Waals surface area contributed by atoms with Crippen LogP contribution < -0.4 is 10.6 Å². The van der Waals surface area contributed by atoms with Crippen molar-refractivity contribution in [1.29, 1.82) is 0 Å². The van der Waals surface area contributed by atoms with Crippen LogP contribution in [-0.4, -0.2) is 51.4 Å². The van der Waals surface area contributed by atoms with Crippen LogP contribution >= 0.6 is 0 Å². The predicted molar refractivity (Wildman–Crippen MR) is 90.1 cm³/mol. The van der Waals surface area contributed by atoms with Crippen molar-refractivity contribution in [1.82, 2.24) is 10.6 Å². The lowest BCUT2D eigenvalue weighted by Crippen LogP contribution is -2.39. The first-order chi connectivity index (χ1) is 10.3. The van der Waals surface area contributed by atoms with Crippen molar-refractivity contribution in [2.45, 2.75) is 53.6 Å². The van der Waals surface area contributed by atoms with Gasteiger partial charge in [0, 0.05) is 26.6 Å². The molecule has 130 valence electrons. The van der Waals surface area contributed by atoms with Gasteiger partial charge in [-0.2, -0.15) is 0 Å². The van der Waals surface area contributed by atoms with Crippen molar-refractivity contribution >= 4 is 11.9 Å². The zero-order valence-electron chi connectivity index (χ0n) is 15.0. The number of carbonyl (C=O) groups excluding carboxylic acids is 1. The van der Waals surface area contributed by atoms with Gasteiger partial charge in [-0.15, -0.1) is 0 Å². The monoisotopic (exact) mass is 315 g/mol. The van der Waals surface area contributed by atoms with E-state index in [0.717, 1.165) is 18.9 Å². The van der Waals surface area contributed by atoms with E-state index in [-0.39, 0.29) is 17.5 Å². The van der Waals surface area contributed by atoms with Crippen LogP contribution in [0.25, 0.3) is 0 Å². The molecule has 0 amide bonds. The van der Waals surface area contributed by atoms with E-state index in [2.05, 4.69) is 36.4 Å². The van der Waals surface area contributed by atoms with Crippen molar-refractivity contribution in [2.24, 2.45) is 10.4 Å². The van der Waals surface area contributed by atoms with Crippen molar-refractivity contribution < 1.29 is 14.3 Å². The Morgan fingerprint density at radius 3 is 2.41 bits per heavy atom. The van der Waals surface area contributed by atoms with Gasteiger partial charge in [0.25, 0.3) is 0 Å². The molecule has 0 saturated heterocycles.